The lowest BCUT2D eigenvalue weighted by Crippen LogP contribution is -2.12. The molecule has 0 aliphatic carbocycles. The van der Waals surface area contributed by atoms with E-state index in [2.05, 4.69) is 4.98 Å². The van der Waals surface area contributed by atoms with Crippen molar-refractivity contribution in [2.45, 2.75) is 0 Å². The smallest absolute Gasteiger partial charge is 0.345 e. The quantitative estimate of drug-likeness (QED) is 0.249. The lowest BCUT2D eigenvalue weighted by Gasteiger charge is -2.15. The third-order valence-corrected chi connectivity index (χ3v) is 5.16. The van der Waals surface area contributed by atoms with Crippen LogP contribution in [0.1, 0.15) is 20.7 Å². The summed E-state index contributed by atoms with van der Waals surface area (Å²) in [5.74, 6) is -0.971. The van der Waals surface area contributed by atoms with E-state index in [1.54, 1.807) is 91.1 Å². The highest BCUT2D eigenvalue weighted by atomic mass is 35.5. The summed E-state index contributed by atoms with van der Waals surface area (Å²) < 4.78 is 11.3. The summed E-state index contributed by atoms with van der Waals surface area (Å²) in [7, 11) is 0. The molecule has 0 aliphatic heterocycles. The van der Waals surface area contributed by atoms with Gasteiger partial charge in [0, 0.05) is 6.20 Å². The lowest BCUT2D eigenvalue weighted by molar-refractivity contribution is 0.0735. The van der Waals surface area contributed by atoms with Crippen LogP contribution >= 0.6 is 23.2 Å². The summed E-state index contributed by atoms with van der Waals surface area (Å²) >= 11 is 12.3. The fourth-order valence-corrected chi connectivity index (χ4v) is 3.43. The summed E-state index contributed by atoms with van der Waals surface area (Å²) in [6.07, 6.45) is 1.58. The first-order valence-electron chi connectivity index (χ1n) is 9.52. The Morgan fingerprint density at radius 2 is 1.12 bits per heavy atom. The van der Waals surface area contributed by atoms with Gasteiger partial charge in [0.05, 0.1) is 32.4 Å². The first kappa shape index (κ1) is 21.6. The number of benzene rings is 3. The molecule has 4 aromatic rings. The van der Waals surface area contributed by atoms with Crippen molar-refractivity contribution in [1.82, 2.24) is 4.98 Å². The Balaban J connectivity index is 1.75. The van der Waals surface area contributed by atoms with Gasteiger partial charge in [-0.2, -0.15) is 0 Å². The number of ether oxygens (including phenoxy) is 2. The average molecular weight is 464 g/mol. The monoisotopic (exact) mass is 463 g/mol. The molecule has 158 valence electrons. The summed E-state index contributed by atoms with van der Waals surface area (Å²) in [5, 5.41) is 0.524. The third kappa shape index (κ3) is 4.64. The van der Waals surface area contributed by atoms with Crippen LogP contribution in [0, 0.1) is 0 Å². The van der Waals surface area contributed by atoms with Crippen LogP contribution in [-0.4, -0.2) is 16.9 Å². The molecule has 0 amide bonds. The molecule has 3 aromatic carbocycles. The van der Waals surface area contributed by atoms with Gasteiger partial charge in [0.25, 0.3) is 0 Å². The second-order valence-corrected chi connectivity index (χ2v) is 7.40. The highest BCUT2D eigenvalue weighted by Crippen LogP contribution is 2.38. The maximum Gasteiger partial charge on any atom is 0.345 e. The van der Waals surface area contributed by atoms with E-state index in [0.29, 0.717) is 11.3 Å². The van der Waals surface area contributed by atoms with E-state index in [-0.39, 0.29) is 32.7 Å². The number of carbonyl (C=O) groups is 2. The molecule has 4 rings (SSSR count). The van der Waals surface area contributed by atoms with E-state index >= 15 is 0 Å². The number of halogens is 2. The molecule has 0 saturated heterocycles. The maximum absolute atomic E-state index is 12.8. The minimum Gasteiger partial charge on any atom is -0.422 e. The number of nitrogens with zero attached hydrogens (tertiary/aromatic N) is 1. The molecule has 0 N–H and O–H groups in total. The number of rotatable bonds is 5. The number of esters is 2. The van der Waals surface area contributed by atoms with Crippen molar-refractivity contribution >= 4 is 35.1 Å². The zero-order valence-electron chi connectivity index (χ0n) is 16.5. The Morgan fingerprint density at radius 1 is 0.625 bits per heavy atom. The van der Waals surface area contributed by atoms with E-state index in [9.17, 15) is 9.59 Å². The first-order chi connectivity index (χ1) is 15.5. The molecule has 1 heterocycles. The van der Waals surface area contributed by atoms with E-state index in [1.165, 1.54) is 0 Å². The molecule has 0 atom stereocenters. The molecule has 0 radical (unpaired) electrons. The van der Waals surface area contributed by atoms with Gasteiger partial charge in [0.15, 0.2) is 0 Å². The van der Waals surface area contributed by atoms with Crippen LogP contribution in [0.2, 0.25) is 10.0 Å². The van der Waals surface area contributed by atoms with Crippen LogP contribution in [0.4, 0.5) is 0 Å². The topological polar surface area (TPSA) is 65.5 Å². The maximum atomic E-state index is 12.8. The highest BCUT2D eigenvalue weighted by molar-refractivity contribution is 6.34. The van der Waals surface area contributed by atoms with Gasteiger partial charge in [-0.1, -0.05) is 59.6 Å². The van der Waals surface area contributed by atoms with Gasteiger partial charge >= 0.3 is 11.9 Å². The second-order valence-electron chi connectivity index (χ2n) is 6.58. The highest BCUT2D eigenvalue weighted by Gasteiger charge is 2.22. The Morgan fingerprint density at radius 3 is 1.59 bits per heavy atom. The summed E-state index contributed by atoms with van der Waals surface area (Å²) in [6.45, 7) is 0. The van der Waals surface area contributed by atoms with E-state index < -0.39 is 11.9 Å². The zero-order chi connectivity index (χ0) is 22.5. The van der Waals surface area contributed by atoms with Gasteiger partial charge in [-0.15, -0.1) is 0 Å². The van der Waals surface area contributed by atoms with Crippen molar-refractivity contribution in [1.29, 1.82) is 0 Å². The molecule has 0 fully saturated rings. The molecule has 0 saturated carbocycles. The van der Waals surface area contributed by atoms with Crippen LogP contribution in [-0.2, 0) is 0 Å². The zero-order valence-corrected chi connectivity index (χ0v) is 18.0. The molecule has 7 heteroatoms. The van der Waals surface area contributed by atoms with E-state index in [4.69, 9.17) is 32.7 Å². The SMILES string of the molecule is O=C(Oc1cccc(OC(=O)c2ccccc2Cl)c1-c1ccccn1)c1ccccc1Cl. The van der Waals surface area contributed by atoms with Crippen LogP contribution < -0.4 is 9.47 Å². The Kier molecular flexibility index (Phi) is 6.50. The molecule has 0 spiro atoms. The average Bonchev–Trinajstić information content (AvgIpc) is 2.80. The predicted octanol–water partition coefficient (Wildman–Crippen LogP) is 6.49. The van der Waals surface area contributed by atoms with Gasteiger partial charge < -0.3 is 9.47 Å². The number of hydrogen-bond acceptors (Lipinski definition) is 5. The number of pyridine rings is 1. The second kappa shape index (κ2) is 9.64. The van der Waals surface area contributed by atoms with Crippen LogP contribution in [0.5, 0.6) is 11.5 Å². The number of aromatic nitrogens is 1. The van der Waals surface area contributed by atoms with Crippen LogP contribution in [0.15, 0.2) is 91.1 Å². The van der Waals surface area contributed by atoms with Crippen molar-refractivity contribution in [3.8, 4) is 22.8 Å². The van der Waals surface area contributed by atoms with Crippen LogP contribution in [0.25, 0.3) is 11.3 Å². The summed E-state index contributed by atoms with van der Waals surface area (Å²) in [5.41, 5.74) is 1.21. The van der Waals surface area contributed by atoms with Gasteiger partial charge in [-0.25, -0.2) is 9.59 Å². The van der Waals surface area contributed by atoms with E-state index in [0.717, 1.165) is 0 Å². The third-order valence-electron chi connectivity index (χ3n) is 4.50. The van der Waals surface area contributed by atoms with Crippen molar-refractivity contribution in [3.05, 3.63) is 112 Å². The lowest BCUT2D eigenvalue weighted by atomic mass is 10.1. The minimum atomic E-state index is -0.651. The Bertz CT molecular complexity index is 1210. The molecule has 0 aliphatic rings. The number of hydrogen-bond donors (Lipinski definition) is 0. The minimum absolute atomic E-state index is 0.165. The molecular formula is C25H15Cl2NO4. The van der Waals surface area contributed by atoms with Gasteiger partial charge in [-0.3, -0.25) is 4.98 Å². The Labute approximate surface area is 194 Å². The predicted molar refractivity (Wildman–Crippen MR) is 122 cm³/mol. The standard InChI is InChI=1S/C25H15Cl2NO4/c26-18-10-3-1-8-16(18)24(29)31-21-13-7-14-22(23(21)20-12-5-6-15-28-20)32-25(30)17-9-2-4-11-19(17)27/h1-15H. The van der Waals surface area contributed by atoms with E-state index in [1.807, 2.05) is 0 Å². The number of carbonyl (C=O) groups excluding carboxylic acids is 2. The molecule has 32 heavy (non-hydrogen) atoms. The van der Waals surface area contributed by atoms with Crippen molar-refractivity contribution in [2.75, 3.05) is 0 Å². The fourth-order valence-electron chi connectivity index (χ4n) is 3.01. The largest absolute Gasteiger partial charge is 0.422 e. The van der Waals surface area contributed by atoms with Crippen molar-refractivity contribution in [2.24, 2.45) is 0 Å². The van der Waals surface area contributed by atoms with Gasteiger partial charge in [-0.05, 0) is 48.5 Å². The van der Waals surface area contributed by atoms with Crippen LogP contribution in [0.3, 0.4) is 0 Å². The fraction of sp³-hybridized carbons (Fsp3) is 0. The molecule has 0 unspecified atom stereocenters. The van der Waals surface area contributed by atoms with Crippen molar-refractivity contribution < 1.29 is 19.1 Å². The summed E-state index contributed by atoms with van der Waals surface area (Å²) in [4.78, 5) is 29.9. The molecule has 5 nitrogen and oxygen atoms in total. The Hall–Kier alpha value is -3.67. The molecule has 1 aromatic heterocycles. The van der Waals surface area contributed by atoms with Gasteiger partial charge in [0.1, 0.15) is 11.5 Å². The van der Waals surface area contributed by atoms with Crippen molar-refractivity contribution in [3.63, 3.8) is 0 Å². The molecule has 0 bridgehead atoms. The normalized spacial score (nSPS) is 10.4. The van der Waals surface area contributed by atoms with Gasteiger partial charge in [0.2, 0.25) is 0 Å². The summed E-state index contributed by atoms with van der Waals surface area (Å²) in [6, 6.07) is 23.1. The first-order valence-corrected chi connectivity index (χ1v) is 10.3. The molecular weight excluding hydrogens is 449 g/mol.